The standard InChI is InChI=1S/C21H14N2Se/c1-2-7-16(8-3-1)20-19(22-21-23(20)12-13-24-21)18-11-10-15-6-4-5-9-17(15)14-18/h1-14H. The zero-order valence-electron chi connectivity index (χ0n) is 12.9. The molecule has 114 valence electrons. The van der Waals surface area contributed by atoms with E-state index in [9.17, 15) is 0 Å². The first kappa shape index (κ1) is 13.8. The molecule has 3 heteroatoms. The molecule has 0 unspecified atom stereocenters. The van der Waals surface area contributed by atoms with Crippen LogP contribution in [-0.4, -0.2) is 23.9 Å². The van der Waals surface area contributed by atoms with Gasteiger partial charge in [0.2, 0.25) is 0 Å². The first-order chi connectivity index (χ1) is 11.9. The number of aromatic nitrogens is 2. The minimum atomic E-state index is 0.318. The molecule has 0 aliphatic rings. The summed E-state index contributed by atoms with van der Waals surface area (Å²) < 4.78 is 3.42. The Morgan fingerprint density at radius 1 is 0.750 bits per heavy atom. The van der Waals surface area contributed by atoms with Gasteiger partial charge in [-0.05, 0) is 0 Å². The molecule has 2 nitrogen and oxygen atoms in total. The number of imidazole rings is 1. The van der Waals surface area contributed by atoms with Crippen LogP contribution in [0.3, 0.4) is 0 Å². The second-order valence-corrected chi connectivity index (χ2v) is 7.62. The van der Waals surface area contributed by atoms with Crippen LogP contribution in [-0.2, 0) is 0 Å². The average molecular weight is 373 g/mol. The quantitative estimate of drug-likeness (QED) is 0.403. The zero-order valence-corrected chi connectivity index (χ0v) is 14.6. The van der Waals surface area contributed by atoms with Crippen LogP contribution in [0.15, 0.2) is 83.9 Å². The van der Waals surface area contributed by atoms with E-state index >= 15 is 0 Å². The molecule has 0 saturated carbocycles. The molecule has 0 N–H and O–H groups in total. The van der Waals surface area contributed by atoms with E-state index < -0.39 is 0 Å². The summed E-state index contributed by atoms with van der Waals surface area (Å²) in [6.07, 6.45) is 2.16. The van der Waals surface area contributed by atoms with Crippen LogP contribution in [0.25, 0.3) is 37.8 Å². The van der Waals surface area contributed by atoms with Crippen molar-refractivity contribution in [1.82, 2.24) is 9.38 Å². The van der Waals surface area contributed by atoms with Crippen molar-refractivity contribution in [2.45, 2.75) is 0 Å². The SMILES string of the molecule is c1ccc(-c2c(-c3ccc4ccccc4c3)nc3[se]ccn23)cc1. The summed E-state index contributed by atoms with van der Waals surface area (Å²) in [4.78, 5) is 7.20. The van der Waals surface area contributed by atoms with E-state index in [-0.39, 0.29) is 0 Å². The van der Waals surface area contributed by atoms with Crippen molar-refractivity contribution < 1.29 is 0 Å². The number of hydrogen-bond acceptors (Lipinski definition) is 1. The van der Waals surface area contributed by atoms with E-state index in [2.05, 4.69) is 88.3 Å². The predicted molar refractivity (Wildman–Crippen MR) is 101 cm³/mol. The Bertz CT molecular complexity index is 1150. The van der Waals surface area contributed by atoms with Crippen LogP contribution in [0.5, 0.6) is 0 Å². The number of rotatable bonds is 2. The second-order valence-electron chi connectivity index (χ2n) is 5.79. The number of nitrogens with zero attached hydrogens (tertiary/aromatic N) is 2. The third-order valence-electron chi connectivity index (χ3n) is 4.33. The zero-order chi connectivity index (χ0) is 15.9. The van der Waals surface area contributed by atoms with Crippen LogP contribution in [0, 0.1) is 0 Å². The average Bonchev–Trinajstić information content (AvgIpc) is 3.23. The van der Waals surface area contributed by atoms with Crippen molar-refractivity contribution in [1.29, 1.82) is 0 Å². The van der Waals surface area contributed by atoms with Crippen molar-refractivity contribution in [3.05, 3.63) is 83.9 Å². The Balaban J connectivity index is 1.81. The summed E-state index contributed by atoms with van der Waals surface area (Å²) in [6, 6.07) is 25.6. The van der Waals surface area contributed by atoms with Crippen LogP contribution in [0.2, 0.25) is 0 Å². The normalized spacial score (nSPS) is 11.3. The Labute approximate surface area is 145 Å². The Hall–Kier alpha value is -2.61. The van der Waals surface area contributed by atoms with Crippen LogP contribution < -0.4 is 0 Å². The molecular weight excluding hydrogens is 359 g/mol. The van der Waals surface area contributed by atoms with Gasteiger partial charge in [-0.3, -0.25) is 0 Å². The molecule has 3 aromatic carbocycles. The van der Waals surface area contributed by atoms with Gasteiger partial charge in [0.05, 0.1) is 0 Å². The first-order valence-corrected chi connectivity index (χ1v) is 9.75. The molecule has 0 atom stereocenters. The molecule has 5 aromatic rings. The summed E-state index contributed by atoms with van der Waals surface area (Å²) in [5.41, 5.74) is 4.66. The fraction of sp³-hybridized carbons (Fsp3) is 0. The molecule has 0 aliphatic carbocycles. The van der Waals surface area contributed by atoms with Gasteiger partial charge in [-0.25, -0.2) is 0 Å². The van der Waals surface area contributed by atoms with Gasteiger partial charge in [0.15, 0.2) is 0 Å². The molecule has 0 spiro atoms. The molecule has 2 heterocycles. The summed E-state index contributed by atoms with van der Waals surface area (Å²) in [7, 11) is 0. The fourth-order valence-electron chi connectivity index (χ4n) is 3.20. The van der Waals surface area contributed by atoms with Gasteiger partial charge >= 0.3 is 146 Å². The molecule has 0 amide bonds. The summed E-state index contributed by atoms with van der Waals surface area (Å²) >= 11 is 0.318. The Kier molecular flexibility index (Phi) is 3.15. The van der Waals surface area contributed by atoms with Crippen molar-refractivity contribution in [2.24, 2.45) is 0 Å². The van der Waals surface area contributed by atoms with Crippen molar-refractivity contribution in [3.8, 4) is 22.5 Å². The maximum absolute atomic E-state index is 4.97. The number of fused-ring (bicyclic) bond motifs is 2. The molecule has 0 fully saturated rings. The van der Waals surface area contributed by atoms with Crippen LogP contribution in [0.4, 0.5) is 0 Å². The number of hydrogen-bond donors (Lipinski definition) is 0. The number of benzene rings is 3. The van der Waals surface area contributed by atoms with Gasteiger partial charge in [-0.15, -0.1) is 0 Å². The molecule has 24 heavy (non-hydrogen) atoms. The van der Waals surface area contributed by atoms with E-state index in [1.54, 1.807) is 0 Å². The third-order valence-corrected chi connectivity index (χ3v) is 5.92. The maximum atomic E-state index is 4.97. The van der Waals surface area contributed by atoms with E-state index in [0.717, 1.165) is 5.69 Å². The molecule has 5 rings (SSSR count). The van der Waals surface area contributed by atoms with E-state index in [0.29, 0.717) is 14.5 Å². The van der Waals surface area contributed by atoms with E-state index in [1.807, 2.05) is 0 Å². The molecule has 0 radical (unpaired) electrons. The van der Waals surface area contributed by atoms with Gasteiger partial charge in [0, 0.05) is 0 Å². The minimum absolute atomic E-state index is 0.318. The first-order valence-electron chi connectivity index (χ1n) is 7.90. The second kappa shape index (κ2) is 5.48. The summed E-state index contributed by atoms with van der Waals surface area (Å²) in [6.45, 7) is 0. The van der Waals surface area contributed by atoms with E-state index in [4.69, 9.17) is 4.98 Å². The van der Waals surface area contributed by atoms with Crippen molar-refractivity contribution in [2.75, 3.05) is 0 Å². The van der Waals surface area contributed by atoms with Gasteiger partial charge in [0.25, 0.3) is 0 Å². The van der Waals surface area contributed by atoms with Gasteiger partial charge < -0.3 is 0 Å². The molecule has 0 aliphatic heterocycles. The molecule has 2 aromatic heterocycles. The summed E-state index contributed by atoms with van der Waals surface area (Å²) in [5.74, 6) is 0. The molecular formula is C21H14N2Se. The predicted octanol–water partition coefficient (Wildman–Crippen LogP) is 4.88. The van der Waals surface area contributed by atoms with Crippen molar-refractivity contribution in [3.63, 3.8) is 0 Å². The van der Waals surface area contributed by atoms with Crippen molar-refractivity contribution >= 4 is 29.8 Å². The molecule has 0 bridgehead atoms. The van der Waals surface area contributed by atoms with Crippen LogP contribution >= 0.6 is 0 Å². The Morgan fingerprint density at radius 3 is 2.42 bits per heavy atom. The third kappa shape index (κ3) is 2.14. The van der Waals surface area contributed by atoms with Gasteiger partial charge in [0.1, 0.15) is 0 Å². The van der Waals surface area contributed by atoms with Crippen LogP contribution in [0.1, 0.15) is 0 Å². The topological polar surface area (TPSA) is 17.3 Å². The Morgan fingerprint density at radius 2 is 1.54 bits per heavy atom. The fourth-order valence-corrected chi connectivity index (χ4v) is 4.69. The van der Waals surface area contributed by atoms with Gasteiger partial charge in [-0.2, -0.15) is 0 Å². The molecule has 0 saturated heterocycles. The van der Waals surface area contributed by atoms with Gasteiger partial charge in [-0.1, -0.05) is 0 Å². The monoisotopic (exact) mass is 374 g/mol. The summed E-state index contributed by atoms with van der Waals surface area (Å²) in [5, 5.41) is 2.52. The van der Waals surface area contributed by atoms with E-state index in [1.165, 1.54) is 32.1 Å².